The van der Waals surface area contributed by atoms with Crippen LogP contribution in [0.4, 0.5) is 0 Å². The van der Waals surface area contributed by atoms with Crippen molar-refractivity contribution in [3.05, 3.63) is 24.3 Å². The van der Waals surface area contributed by atoms with E-state index >= 15 is 0 Å². The van der Waals surface area contributed by atoms with Crippen molar-refractivity contribution in [3.8, 4) is 0 Å². The Hall–Kier alpha value is -2.97. The van der Waals surface area contributed by atoms with Crippen molar-refractivity contribution in [1.82, 2.24) is 20.9 Å². The monoisotopic (exact) mass is 798 g/mol. The van der Waals surface area contributed by atoms with Gasteiger partial charge in [0.1, 0.15) is 6.04 Å². The SMILES string of the molecule is CCCCCCCC/C=C\CCCCCCCC(=O)NCC(NC(=O)CCCCCCC/C=C\CCCCCCCC)C(=O)NCC/N=C\C1CCCN1C(C)=O. The first-order valence-corrected chi connectivity index (χ1v) is 23.8. The van der Waals surface area contributed by atoms with Crippen LogP contribution < -0.4 is 16.0 Å². The number of unbranched alkanes of at least 4 members (excludes halogenated alkanes) is 22. The summed E-state index contributed by atoms with van der Waals surface area (Å²) in [4.78, 5) is 56.9. The van der Waals surface area contributed by atoms with Crippen LogP contribution in [-0.2, 0) is 19.2 Å². The number of carbonyl (C=O) groups excluding carboxylic acids is 4. The Morgan fingerprint density at radius 1 is 0.614 bits per heavy atom. The number of aliphatic imine (C=N–C) groups is 1. The highest BCUT2D eigenvalue weighted by atomic mass is 16.2. The smallest absolute Gasteiger partial charge is 0.244 e. The third-order valence-electron chi connectivity index (χ3n) is 11.0. The van der Waals surface area contributed by atoms with Crippen molar-refractivity contribution in [3.63, 3.8) is 0 Å². The fraction of sp³-hybridized carbons (Fsp3) is 0.812. The first-order chi connectivity index (χ1) is 27.9. The molecule has 9 heteroatoms. The van der Waals surface area contributed by atoms with Crippen molar-refractivity contribution in [2.45, 2.75) is 225 Å². The van der Waals surface area contributed by atoms with Crippen molar-refractivity contribution >= 4 is 29.8 Å². The van der Waals surface area contributed by atoms with Gasteiger partial charge in [-0.05, 0) is 77.0 Å². The van der Waals surface area contributed by atoms with E-state index in [0.717, 1.165) is 77.2 Å². The third-order valence-corrected chi connectivity index (χ3v) is 11.0. The number of rotatable bonds is 38. The molecule has 0 aromatic heterocycles. The summed E-state index contributed by atoms with van der Waals surface area (Å²) in [7, 11) is 0. The standard InChI is InChI=1S/C48H87N5O4/c1-4-6-8-10-12-14-16-18-20-22-24-26-28-30-32-36-46(55)51-42-45(48(57)50-39-38-49-41-44-35-34-40-53(44)43(3)54)52-47(56)37-33-31-29-27-25-23-21-19-17-15-13-11-9-7-5-2/h18-21,41,44-45H,4-17,22-40,42H2,1-3H3,(H,50,57)(H,51,55)(H,52,56)/b20-18-,21-19-,49-41-. The van der Waals surface area contributed by atoms with Crippen molar-refractivity contribution in [2.75, 3.05) is 26.2 Å². The van der Waals surface area contributed by atoms with E-state index < -0.39 is 6.04 Å². The van der Waals surface area contributed by atoms with Gasteiger partial charge in [-0.25, -0.2) is 0 Å². The summed E-state index contributed by atoms with van der Waals surface area (Å²) >= 11 is 0. The molecule has 2 atom stereocenters. The Bertz CT molecular complexity index is 1110. The summed E-state index contributed by atoms with van der Waals surface area (Å²) in [5.74, 6) is -0.525. The molecular formula is C48H87N5O4. The van der Waals surface area contributed by atoms with Crippen LogP contribution in [0.5, 0.6) is 0 Å². The molecule has 1 rings (SSSR count). The molecule has 0 spiro atoms. The van der Waals surface area contributed by atoms with E-state index in [1.807, 2.05) is 11.1 Å². The quantitative estimate of drug-likeness (QED) is 0.0327. The minimum absolute atomic E-state index is 0.0127. The molecule has 1 fully saturated rings. The highest BCUT2D eigenvalue weighted by Crippen LogP contribution is 2.16. The minimum Gasteiger partial charge on any atom is -0.353 e. The molecule has 0 aromatic carbocycles. The zero-order valence-electron chi connectivity index (χ0n) is 37.1. The molecule has 0 bridgehead atoms. The maximum Gasteiger partial charge on any atom is 0.244 e. The maximum atomic E-state index is 13.2. The van der Waals surface area contributed by atoms with Gasteiger partial charge in [0.05, 0.1) is 12.6 Å². The van der Waals surface area contributed by atoms with Crippen LogP contribution in [0, 0.1) is 0 Å². The summed E-state index contributed by atoms with van der Waals surface area (Å²) in [6.07, 6.45) is 45.0. The van der Waals surface area contributed by atoms with Crippen LogP contribution in [0.2, 0.25) is 0 Å². The number of nitrogens with zero attached hydrogens (tertiary/aromatic N) is 2. The molecule has 0 radical (unpaired) electrons. The number of hydrogen-bond acceptors (Lipinski definition) is 5. The summed E-state index contributed by atoms with van der Waals surface area (Å²) in [5.41, 5.74) is 0. The lowest BCUT2D eigenvalue weighted by Crippen LogP contribution is -2.53. The van der Waals surface area contributed by atoms with Gasteiger partial charge in [0, 0.05) is 45.6 Å². The minimum atomic E-state index is -0.842. The molecule has 9 nitrogen and oxygen atoms in total. The molecule has 328 valence electrons. The van der Waals surface area contributed by atoms with Crippen molar-refractivity contribution in [2.24, 2.45) is 4.99 Å². The van der Waals surface area contributed by atoms with E-state index in [4.69, 9.17) is 0 Å². The van der Waals surface area contributed by atoms with E-state index in [-0.39, 0.29) is 36.2 Å². The second kappa shape index (κ2) is 38.5. The molecule has 4 amide bonds. The predicted molar refractivity (Wildman–Crippen MR) is 241 cm³/mol. The van der Waals surface area contributed by atoms with Gasteiger partial charge >= 0.3 is 0 Å². The van der Waals surface area contributed by atoms with Gasteiger partial charge in [-0.2, -0.15) is 0 Å². The van der Waals surface area contributed by atoms with E-state index in [2.05, 4.69) is 59.1 Å². The summed E-state index contributed by atoms with van der Waals surface area (Å²) in [5, 5.41) is 8.67. The van der Waals surface area contributed by atoms with Crippen LogP contribution in [-0.4, -0.2) is 73.0 Å². The van der Waals surface area contributed by atoms with Gasteiger partial charge < -0.3 is 20.9 Å². The average Bonchev–Trinajstić information content (AvgIpc) is 3.68. The van der Waals surface area contributed by atoms with Gasteiger partial charge in [0.25, 0.3) is 0 Å². The summed E-state index contributed by atoms with van der Waals surface area (Å²) < 4.78 is 0. The second-order valence-electron chi connectivity index (χ2n) is 16.4. The molecule has 1 heterocycles. The average molecular weight is 798 g/mol. The normalized spacial score (nSPS) is 14.9. The highest BCUT2D eigenvalue weighted by molar-refractivity contribution is 5.88. The third kappa shape index (κ3) is 31.7. The zero-order chi connectivity index (χ0) is 41.4. The first-order valence-electron chi connectivity index (χ1n) is 23.8. The van der Waals surface area contributed by atoms with Gasteiger partial charge in [0.15, 0.2) is 0 Å². The van der Waals surface area contributed by atoms with E-state index in [9.17, 15) is 19.2 Å². The van der Waals surface area contributed by atoms with Gasteiger partial charge in [0.2, 0.25) is 23.6 Å². The topological polar surface area (TPSA) is 120 Å². The molecular weight excluding hydrogens is 711 g/mol. The fourth-order valence-corrected chi connectivity index (χ4v) is 7.39. The zero-order valence-corrected chi connectivity index (χ0v) is 37.1. The highest BCUT2D eigenvalue weighted by Gasteiger charge is 2.25. The van der Waals surface area contributed by atoms with Gasteiger partial charge in [-0.15, -0.1) is 0 Å². The second-order valence-corrected chi connectivity index (χ2v) is 16.4. The molecule has 0 aromatic rings. The first kappa shape index (κ1) is 52.0. The Morgan fingerprint density at radius 2 is 1.07 bits per heavy atom. The number of hydrogen-bond donors (Lipinski definition) is 3. The number of likely N-dealkylation sites (tertiary alicyclic amines) is 1. The number of amides is 4. The van der Waals surface area contributed by atoms with Crippen LogP contribution in [0.1, 0.15) is 213 Å². The molecule has 2 unspecified atom stereocenters. The van der Waals surface area contributed by atoms with E-state index in [1.165, 1.54) is 109 Å². The van der Waals surface area contributed by atoms with Gasteiger partial charge in [-0.3, -0.25) is 24.2 Å². The Morgan fingerprint density at radius 3 is 1.56 bits per heavy atom. The summed E-state index contributed by atoms with van der Waals surface area (Å²) in [6, 6.07) is -0.829. The lowest BCUT2D eigenvalue weighted by molar-refractivity contribution is -0.129. The van der Waals surface area contributed by atoms with Crippen molar-refractivity contribution in [1.29, 1.82) is 0 Å². The predicted octanol–water partition coefficient (Wildman–Crippen LogP) is 10.9. The number of carbonyl (C=O) groups is 4. The number of allylic oxidation sites excluding steroid dienone is 4. The Kier molecular flexibility index (Phi) is 35.2. The largest absolute Gasteiger partial charge is 0.353 e. The lowest BCUT2D eigenvalue weighted by atomic mass is 10.1. The lowest BCUT2D eigenvalue weighted by Gasteiger charge is -2.20. The molecule has 0 saturated carbocycles. The summed E-state index contributed by atoms with van der Waals surface area (Å²) in [6.45, 7) is 7.60. The van der Waals surface area contributed by atoms with E-state index in [0.29, 0.717) is 25.9 Å². The Labute approximate surface area is 349 Å². The fourth-order valence-electron chi connectivity index (χ4n) is 7.39. The Balaban J connectivity index is 2.35. The maximum absolute atomic E-state index is 13.2. The molecule has 57 heavy (non-hydrogen) atoms. The van der Waals surface area contributed by atoms with Crippen LogP contribution in [0.3, 0.4) is 0 Å². The molecule has 1 aliphatic heterocycles. The molecule has 0 aliphatic carbocycles. The molecule has 3 N–H and O–H groups in total. The number of nitrogens with one attached hydrogen (secondary N) is 3. The molecule has 1 saturated heterocycles. The van der Waals surface area contributed by atoms with Crippen LogP contribution in [0.25, 0.3) is 0 Å². The van der Waals surface area contributed by atoms with Crippen LogP contribution in [0.15, 0.2) is 29.3 Å². The van der Waals surface area contributed by atoms with Crippen LogP contribution >= 0.6 is 0 Å². The van der Waals surface area contributed by atoms with Gasteiger partial charge in [-0.1, -0.05) is 141 Å². The molecule has 1 aliphatic rings. The van der Waals surface area contributed by atoms with E-state index in [1.54, 1.807) is 6.92 Å². The van der Waals surface area contributed by atoms with Crippen molar-refractivity contribution < 1.29 is 19.2 Å².